The highest BCUT2D eigenvalue weighted by Crippen LogP contribution is 2.34. The van der Waals surface area contributed by atoms with Crippen LogP contribution in [0.4, 0.5) is 11.4 Å². The van der Waals surface area contributed by atoms with Crippen molar-refractivity contribution in [3.05, 3.63) is 48.0 Å². The number of anilines is 2. The summed E-state index contributed by atoms with van der Waals surface area (Å²) in [4.78, 5) is 24.0. The molecule has 28 heavy (non-hydrogen) atoms. The van der Waals surface area contributed by atoms with E-state index in [1.54, 1.807) is 18.2 Å². The summed E-state index contributed by atoms with van der Waals surface area (Å²) < 4.78 is 36.4. The van der Waals surface area contributed by atoms with E-state index >= 15 is 0 Å². The third-order valence-corrected chi connectivity index (χ3v) is 5.11. The molecular weight excluding hydrogens is 386 g/mol. The van der Waals surface area contributed by atoms with Crippen LogP contribution in [0.1, 0.15) is 10.4 Å². The summed E-state index contributed by atoms with van der Waals surface area (Å²) in [5.41, 5.74) is 5.88. The first-order valence-electron chi connectivity index (χ1n) is 8.32. The second-order valence-corrected chi connectivity index (χ2v) is 7.96. The maximum atomic E-state index is 12.5. The molecule has 0 aliphatic carbocycles. The molecule has 1 heterocycles. The van der Waals surface area contributed by atoms with Crippen LogP contribution in [0.15, 0.2) is 42.5 Å². The average molecular weight is 405 g/mol. The van der Waals surface area contributed by atoms with Gasteiger partial charge in [0.1, 0.15) is 19.8 Å². The summed E-state index contributed by atoms with van der Waals surface area (Å²) in [6, 6.07) is 10.8. The van der Waals surface area contributed by atoms with E-state index in [-0.39, 0.29) is 16.9 Å². The van der Waals surface area contributed by atoms with Gasteiger partial charge in [-0.1, -0.05) is 12.1 Å². The van der Waals surface area contributed by atoms with Crippen molar-refractivity contribution in [1.82, 2.24) is 0 Å². The van der Waals surface area contributed by atoms with Crippen LogP contribution >= 0.6 is 0 Å². The zero-order valence-electron chi connectivity index (χ0n) is 15.0. The zero-order valence-corrected chi connectivity index (χ0v) is 15.9. The summed E-state index contributed by atoms with van der Waals surface area (Å²) in [6.07, 6.45) is 0.994. The van der Waals surface area contributed by atoms with Crippen molar-refractivity contribution in [1.29, 1.82) is 0 Å². The number of primary amides is 1. The molecule has 10 heteroatoms. The van der Waals surface area contributed by atoms with E-state index < -0.39 is 28.4 Å². The number of amides is 2. The zero-order chi connectivity index (χ0) is 20.3. The second-order valence-electron chi connectivity index (χ2n) is 6.06. The third-order valence-electron chi connectivity index (χ3n) is 3.97. The molecule has 0 spiro atoms. The Bertz CT molecular complexity index is 1020. The second kappa shape index (κ2) is 7.77. The summed E-state index contributed by atoms with van der Waals surface area (Å²) in [6.45, 7) is 0.259. The molecule has 9 nitrogen and oxygen atoms in total. The van der Waals surface area contributed by atoms with E-state index in [9.17, 15) is 18.0 Å². The van der Waals surface area contributed by atoms with Gasteiger partial charge in [-0.15, -0.1) is 0 Å². The van der Waals surface area contributed by atoms with E-state index in [4.69, 9.17) is 15.2 Å². The van der Waals surface area contributed by atoms with Crippen LogP contribution < -0.4 is 24.8 Å². The number of hydrogen-bond acceptors (Lipinski definition) is 6. The highest BCUT2D eigenvalue weighted by atomic mass is 32.2. The topological polar surface area (TPSA) is 128 Å². The number of para-hydroxylation sites is 1. The quantitative estimate of drug-likeness (QED) is 0.737. The summed E-state index contributed by atoms with van der Waals surface area (Å²) in [5, 5.41) is 2.52. The molecule has 0 saturated heterocycles. The molecule has 0 radical (unpaired) electrons. The first kappa shape index (κ1) is 19.5. The maximum absolute atomic E-state index is 12.5. The Morgan fingerprint density at radius 2 is 1.79 bits per heavy atom. The number of rotatable bonds is 6. The molecule has 1 aliphatic heterocycles. The molecular formula is C18H19N3O6S. The smallest absolute Gasteiger partial charge is 0.250 e. The number of fused-ring (bicyclic) bond motifs is 1. The molecule has 0 saturated carbocycles. The van der Waals surface area contributed by atoms with Crippen LogP contribution in [-0.4, -0.2) is 46.2 Å². The summed E-state index contributed by atoms with van der Waals surface area (Å²) in [5.74, 6) is -0.433. The van der Waals surface area contributed by atoms with E-state index in [0.29, 0.717) is 24.7 Å². The Labute approximate surface area is 162 Å². The van der Waals surface area contributed by atoms with Crippen LogP contribution in [-0.2, 0) is 14.8 Å². The van der Waals surface area contributed by atoms with Gasteiger partial charge in [0.15, 0.2) is 11.5 Å². The van der Waals surface area contributed by atoms with Crippen molar-refractivity contribution in [3.8, 4) is 11.5 Å². The normalized spacial score (nSPS) is 12.9. The van der Waals surface area contributed by atoms with Gasteiger partial charge in [0, 0.05) is 6.07 Å². The van der Waals surface area contributed by atoms with Crippen molar-refractivity contribution < 1.29 is 27.5 Å². The van der Waals surface area contributed by atoms with Gasteiger partial charge in [-0.3, -0.25) is 13.9 Å². The van der Waals surface area contributed by atoms with Gasteiger partial charge < -0.3 is 20.5 Å². The number of ether oxygens (including phenoxy) is 2. The molecule has 3 N–H and O–H groups in total. The van der Waals surface area contributed by atoms with Crippen LogP contribution in [0.25, 0.3) is 0 Å². The van der Waals surface area contributed by atoms with Gasteiger partial charge >= 0.3 is 0 Å². The number of nitrogens with two attached hydrogens (primary N) is 1. The van der Waals surface area contributed by atoms with Gasteiger partial charge in [0.05, 0.1) is 23.2 Å². The predicted octanol–water partition coefficient (Wildman–Crippen LogP) is 0.961. The molecule has 1 aliphatic rings. The first-order valence-corrected chi connectivity index (χ1v) is 10.2. The van der Waals surface area contributed by atoms with Gasteiger partial charge in [-0.2, -0.15) is 0 Å². The predicted molar refractivity (Wildman–Crippen MR) is 103 cm³/mol. The molecule has 2 aromatic carbocycles. The van der Waals surface area contributed by atoms with Gasteiger partial charge in [0.2, 0.25) is 15.9 Å². The lowest BCUT2D eigenvalue weighted by atomic mass is 10.1. The monoisotopic (exact) mass is 405 g/mol. The molecule has 0 aromatic heterocycles. The largest absolute Gasteiger partial charge is 0.486 e. The van der Waals surface area contributed by atoms with Gasteiger partial charge in [0.25, 0.3) is 5.91 Å². The maximum Gasteiger partial charge on any atom is 0.250 e. The number of carbonyl (C=O) groups excluding carboxylic acids is 2. The Morgan fingerprint density at radius 3 is 2.46 bits per heavy atom. The van der Waals surface area contributed by atoms with Gasteiger partial charge in [-0.05, 0) is 24.3 Å². The van der Waals surface area contributed by atoms with E-state index in [0.717, 1.165) is 10.6 Å². The van der Waals surface area contributed by atoms with Gasteiger partial charge in [-0.25, -0.2) is 8.42 Å². The summed E-state index contributed by atoms with van der Waals surface area (Å²) in [7, 11) is -3.77. The molecule has 0 fully saturated rings. The van der Waals surface area contributed by atoms with Crippen LogP contribution in [0, 0.1) is 0 Å². The minimum Gasteiger partial charge on any atom is -0.486 e. The lowest BCUT2D eigenvalue weighted by Gasteiger charge is -2.24. The Morgan fingerprint density at radius 1 is 1.11 bits per heavy atom. The standard InChI is InChI=1S/C18H19N3O6S/c1-28(24,25)21(12-6-7-15-16(10-12)27-9-8-26-15)11-17(22)20-14-5-3-2-4-13(14)18(19)23/h2-7,10H,8-9,11H2,1H3,(H2,19,23)(H,20,22). The number of nitrogens with one attached hydrogen (secondary N) is 1. The first-order chi connectivity index (χ1) is 13.3. The van der Waals surface area contributed by atoms with Crippen molar-refractivity contribution in [2.75, 3.05) is 35.6 Å². The molecule has 2 amide bonds. The highest BCUT2D eigenvalue weighted by Gasteiger charge is 2.24. The molecule has 0 unspecified atom stereocenters. The Hall–Kier alpha value is -3.27. The number of carbonyl (C=O) groups is 2. The minimum absolute atomic E-state index is 0.126. The van der Waals surface area contributed by atoms with Crippen LogP contribution in [0.3, 0.4) is 0 Å². The number of sulfonamides is 1. The molecule has 148 valence electrons. The van der Waals surface area contributed by atoms with Crippen LogP contribution in [0.2, 0.25) is 0 Å². The Balaban J connectivity index is 1.84. The van der Waals surface area contributed by atoms with E-state index in [2.05, 4.69) is 5.32 Å². The lowest BCUT2D eigenvalue weighted by Crippen LogP contribution is -2.37. The number of benzene rings is 2. The van der Waals surface area contributed by atoms with Crippen molar-refractivity contribution in [2.45, 2.75) is 0 Å². The van der Waals surface area contributed by atoms with Crippen molar-refractivity contribution in [3.63, 3.8) is 0 Å². The van der Waals surface area contributed by atoms with Crippen molar-refractivity contribution in [2.24, 2.45) is 5.73 Å². The molecule has 3 rings (SSSR count). The average Bonchev–Trinajstić information content (AvgIpc) is 2.65. The Kier molecular flexibility index (Phi) is 5.41. The lowest BCUT2D eigenvalue weighted by molar-refractivity contribution is -0.114. The number of hydrogen-bond donors (Lipinski definition) is 2. The fourth-order valence-electron chi connectivity index (χ4n) is 2.71. The van der Waals surface area contributed by atoms with E-state index in [1.165, 1.54) is 24.3 Å². The van der Waals surface area contributed by atoms with Crippen LogP contribution in [0.5, 0.6) is 11.5 Å². The fraction of sp³-hybridized carbons (Fsp3) is 0.222. The van der Waals surface area contributed by atoms with E-state index in [1.807, 2.05) is 0 Å². The molecule has 0 atom stereocenters. The third kappa shape index (κ3) is 4.34. The summed E-state index contributed by atoms with van der Waals surface area (Å²) >= 11 is 0. The van der Waals surface area contributed by atoms with Crippen molar-refractivity contribution >= 4 is 33.2 Å². The SMILES string of the molecule is CS(=O)(=O)N(CC(=O)Nc1ccccc1C(N)=O)c1ccc2c(c1)OCCO2. The fourth-order valence-corrected chi connectivity index (χ4v) is 3.56. The minimum atomic E-state index is -3.77. The number of nitrogens with zero attached hydrogens (tertiary/aromatic N) is 1. The highest BCUT2D eigenvalue weighted by molar-refractivity contribution is 7.92. The molecule has 0 bridgehead atoms. The molecule has 2 aromatic rings.